The first-order valence-corrected chi connectivity index (χ1v) is 4.23. The maximum absolute atomic E-state index is 10.4. The summed E-state index contributed by atoms with van der Waals surface area (Å²) in [6.45, 7) is 4.00. The van der Waals surface area contributed by atoms with Gasteiger partial charge in [-0.25, -0.2) is 4.79 Å². The third-order valence-electron chi connectivity index (χ3n) is 1.42. The molecule has 0 aliphatic rings. The van der Waals surface area contributed by atoms with Crippen LogP contribution in [-0.2, 0) is 0 Å². The van der Waals surface area contributed by atoms with E-state index in [9.17, 15) is 14.9 Å². The number of nitro groups is 1. The molecule has 0 bridgehead atoms. The quantitative estimate of drug-likeness (QED) is 0.578. The van der Waals surface area contributed by atoms with Gasteiger partial charge >= 0.3 is 11.7 Å². The predicted molar refractivity (Wildman–Crippen MR) is 53.1 cm³/mol. The van der Waals surface area contributed by atoms with E-state index in [2.05, 4.69) is 0 Å². The summed E-state index contributed by atoms with van der Waals surface area (Å²) in [5.74, 6) is -1.82. The third-order valence-corrected chi connectivity index (χ3v) is 1.42. The lowest BCUT2D eigenvalue weighted by Gasteiger charge is -1.96. The molecule has 0 spiro atoms. The molecule has 0 aromatic heterocycles. The Bertz CT molecular complexity index is 375. The van der Waals surface area contributed by atoms with Crippen molar-refractivity contribution < 1.29 is 19.9 Å². The minimum Gasteiger partial charge on any atom is -0.502 e. The normalized spacial score (nSPS) is 8.67. The van der Waals surface area contributed by atoms with Crippen molar-refractivity contribution in [3.8, 4) is 5.75 Å². The Balaban J connectivity index is 0.000000921. The lowest BCUT2D eigenvalue weighted by molar-refractivity contribution is -0.385. The molecule has 0 fully saturated rings. The van der Waals surface area contributed by atoms with Crippen LogP contribution >= 0.6 is 0 Å². The van der Waals surface area contributed by atoms with Crippen molar-refractivity contribution in [3.63, 3.8) is 0 Å². The summed E-state index contributed by atoms with van der Waals surface area (Å²) in [6.07, 6.45) is 0. The zero-order valence-electron chi connectivity index (χ0n) is 8.30. The van der Waals surface area contributed by atoms with Crippen molar-refractivity contribution in [2.24, 2.45) is 0 Å². The number of hydrogen-bond acceptors (Lipinski definition) is 4. The summed E-state index contributed by atoms with van der Waals surface area (Å²) in [4.78, 5) is 19.8. The van der Waals surface area contributed by atoms with Gasteiger partial charge in [0.05, 0.1) is 10.5 Å². The van der Waals surface area contributed by atoms with Gasteiger partial charge in [-0.3, -0.25) is 10.1 Å². The maximum Gasteiger partial charge on any atom is 0.335 e. The molecule has 0 unspecified atom stereocenters. The van der Waals surface area contributed by atoms with Crippen LogP contribution in [0.25, 0.3) is 0 Å². The first-order valence-electron chi connectivity index (χ1n) is 4.23. The molecule has 0 atom stereocenters. The number of carboxylic acid groups (broad SMARTS) is 1. The van der Waals surface area contributed by atoms with Gasteiger partial charge in [0.25, 0.3) is 0 Å². The summed E-state index contributed by atoms with van der Waals surface area (Å²) < 4.78 is 0. The Morgan fingerprint density at radius 1 is 1.40 bits per heavy atom. The molecule has 0 saturated carbocycles. The van der Waals surface area contributed by atoms with E-state index in [0.717, 1.165) is 18.2 Å². The molecule has 82 valence electrons. The highest BCUT2D eigenvalue weighted by Crippen LogP contribution is 2.25. The van der Waals surface area contributed by atoms with Crippen LogP contribution in [0.3, 0.4) is 0 Å². The van der Waals surface area contributed by atoms with Gasteiger partial charge in [0.2, 0.25) is 0 Å². The lowest BCUT2D eigenvalue weighted by atomic mass is 10.2. The molecule has 0 heterocycles. The Morgan fingerprint density at radius 2 is 1.93 bits per heavy atom. The van der Waals surface area contributed by atoms with Crippen LogP contribution in [0.4, 0.5) is 5.69 Å². The number of carbonyl (C=O) groups is 1. The second-order valence-corrected chi connectivity index (χ2v) is 2.27. The van der Waals surface area contributed by atoms with E-state index in [4.69, 9.17) is 10.2 Å². The summed E-state index contributed by atoms with van der Waals surface area (Å²) >= 11 is 0. The molecule has 2 N–H and O–H groups in total. The van der Waals surface area contributed by atoms with Crippen molar-refractivity contribution in [3.05, 3.63) is 33.9 Å². The monoisotopic (exact) mass is 213 g/mol. The third kappa shape index (κ3) is 3.26. The summed E-state index contributed by atoms with van der Waals surface area (Å²) in [7, 11) is 0. The minimum atomic E-state index is -1.27. The highest BCUT2D eigenvalue weighted by molar-refractivity contribution is 5.88. The van der Waals surface area contributed by atoms with Gasteiger partial charge in [-0.05, 0) is 12.1 Å². The molecule has 0 aliphatic heterocycles. The molecule has 0 amide bonds. The summed E-state index contributed by atoms with van der Waals surface area (Å²) in [5.41, 5.74) is -0.843. The fourth-order valence-corrected chi connectivity index (χ4v) is 0.803. The SMILES string of the molecule is CC.O=C(O)c1ccc(O)c([N+](=O)[O-])c1. The van der Waals surface area contributed by atoms with E-state index in [1.807, 2.05) is 13.8 Å². The molecule has 6 heteroatoms. The van der Waals surface area contributed by atoms with Crippen molar-refractivity contribution in [1.29, 1.82) is 0 Å². The Kier molecular flexibility index (Phi) is 4.80. The summed E-state index contributed by atoms with van der Waals surface area (Å²) in [6, 6.07) is 2.86. The minimum absolute atomic E-state index is 0.232. The first-order chi connectivity index (χ1) is 7.02. The van der Waals surface area contributed by atoms with Crippen LogP contribution in [0, 0.1) is 10.1 Å². The Morgan fingerprint density at radius 3 is 2.33 bits per heavy atom. The zero-order valence-corrected chi connectivity index (χ0v) is 8.30. The summed E-state index contributed by atoms with van der Waals surface area (Å²) in [5, 5.41) is 27.7. The molecular weight excluding hydrogens is 202 g/mol. The number of rotatable bonds is 2. The molecular formula is C9H11NO5. The highest BCUT2D eigenvalue weighted by Gasteiger charge is 2.15. The van der Waals surface area contributed by atoms with Crippen molar-refractivity contribution in [2.75, 3.05) is 0 Å². The molecule has 0 saturated heterocycles. The average molecular weight is 213 g/mol. The number of phenols is 1. The van der Waals surface area contributed by atoms with Gasteiger partial charge in [0, 0.05) is 6.07 Å². The number of hydrogen-bond donors (Lipinski definition) is 2. The highest BCUT2D eigenvalue weighted by atomic mass is 16.6. The maximum atomic E-state index is 10.4. The van der Waals surface area contributed by atoms with Crippen LogP contribution in [0.5, 0.6) is 5.75 Å². The van der Waals surface area contributed by atoms with E-state index < -0.39 is 22.3 Å². The lowest BCUT2D eigenvalue weighted by Crippen LogP contribution is -1.97. The van der Waals surface area contributed by atoms with Crippen LogP contribution in [0.1, 0.15) is 24.2 Å². The Labute approximate surface area is 85.9 Å². The van der Waals surface area contributed by atoms with E-state index in [1.165, 1.54) is 0 Å². The Hall–Kier alpha value is -2.11. The standard InChI is InChI=1S/C7H5NO5.C2H6/c9-6-2-1-4(7(10)11)3-5(6)8(12)13;1-2/h1-3,9H,(H,10,11);1-2H3. The molecule has 1 aromatic rings. The van der Waals surface area contributed by atoms with Crippen LogP contribution < -0.4 is 0 Å². The second-order valence-electron chi connectivity index (χ2n) is 2.27. The molecule has 15 heavy (non-hydrogen) atoms. The molecule has 0 aliphatic carbocycles. The van der Waals surface area contributed by atoms with E-state index >= 15 is 0 Å². The van der Waals surface area contributed by atoms with Crippen molar-refractivity contribution >= 4 is 11.7 Å². The van der Waals surface area contributed by atoms with E-state index in [-0.39, 0.29) is 5.56 Å². The fraction of sp³-hybridized carbons (Fsp3) is 0.222. The van der Waals surface area contributed by atoms with Gasteiger partial charge < -0.3 is 10.2 Å². The van der Waals surface area contributed by atoms with Gasteiger partial charge in [-0.2, -0.15) is 0 Å². The van der Waals surface area contributed by atoms with E-state index in [0.29, 0.717) is 0 Å². The number of benzene rings is 1. The van der Waals surface area contributed by atoms with Gasteiger partial charge in [-0.1, -0.05) is 13.8 Å². The van der Waals surface area contributed by atoms with Gasteiger partial charge in [0.1, 0.15) is 0 Å². The molecule has 1 rings (SSSR count). The number of nitro benzene ring substituents is 1. The topological polar surface area (TPSA) is 101 Å². The van der Waals surface area contributed by atoms with E-state index in [1.54, 1.807) is 0 Å². The van der Waals surface area contributed by atoms with Crippen LogP contribution in [0.15, 0.2) is 18.2 Å². The fourth-order valence-electron chi connectivity index (χ4n) is 0.803. The zero-order chi connectivity index (χ0) is 12.0. The molecule has 6 nitrogen and oxygen atoms in total. The second kappa shape index (κ2) is 5.58. The number of aromatic hydroxyl groups is 1. The van der Waals surface area contributed by atoms with Crippen molar-refractivity contribution in [1.82, 2.24) is 0 Å². The smallest absolute Gasteiger partial charge is 0.335 e. The number of phenolic OH excluding ortho intramolecular Hbond substituents is 1. The molecule has 0 radical (unpaired) electrons. The first kappa shape index (κ1) is 12.9. The van der Waals surface area contributed by atoms with Gasteiger partial charge in [0.15, 0.2) is 5.75 Å². The van der Waals surface area contributed by atoms with Crippen LogP contribution in [-0.4, -0.2) is 21.1 Å². The number of carboxylic acids is 1. The largest absolute Gasteiger partial charge is 0.502 e. The molecule has 1 aromatic carbocycles. The van der Waals surface area contributed by atoms with Gasteiger partial charge in [-0.15, -0.1) is 0 Å². The number of nitrogens with zero attached hydrogens (tertiary/aromatic N) is 1. The van der Waals surface area contributed by atoms with Crippen LogP contribution in [0.2, 0.25) is 0 Å². The average Bonchev–Trinajstić information content (AvgIpc) is 2.20. The predicted octanol–water partition coefficient (Wildman–Crippen LogP) is 2.02. The number of aromatic carboxylic acids is 1. The van der Waals surface area contributed by atoms with Crippen molar-refractivity contribution in [2.45, 2.75) is 13.8 Å².